The number of hydrogen-bond donors (Lipinski definition) is 1. The van der Waals surface area contributed by atoms with Gasteiger partial charge in [0.05, 0.1) is 12.7 Å². The van der Waals surface area contributed by atoms with Crippen molar-refractivity contribution >= 4 is 17.6 Å². The summed E-state index contributed by atoms with van der Waals surface area (Å²) >= 11 is 0. The second kappa shape index (κ2) is 8.81. The number of amides is 1. The number of carbonyl (C=O) groups is 2. The molecule has 0 unspecified atom stereocenters. The number of carbonyl (C=O) groups excluding carboxylic acids is 2. The van der Waals surface area contributed by atoms with Crippen LogP contribution in [0.15, 0.2) is 72.8 Å². The molecule has 0 spiro atoms. The summed E-state index contributed by atoms with van der Waals surface area (Å²) in [5.41, 5.74) is 2.38. The molecule has 0 fully saturated rings. The number of anilines is 1. The topological polar surface area (TPSA) is 64.6 Å². The van der Waals surface area contributed by atoms with E-state index in [-0.39, 0.29) is 11.3 Å². The number of ether oxygens (including phenoxy) is 2. The Bertz CT molecular complexity index is 972. The van der Waals surface area contributed by atoms with Crippen molar-refractivity contribution in [3.63, 3.8) is 0 Å². The average molecular weight is 379 g/mol. The lowest BCUT2D eigenvalue weighted by molar-refractivity contribution is -0.119. The first-order valence-corrected chi connectivity index (χ1v) is 8.53. The van der Waals surface area contributed by atoms with Crippen molar-refractivity contribution in [2.75, 3.05) is 19.0 Å². The van der Waals surface area contributed by atoms with Gasteiger partial charge in [0, 0.05) is 11.8 Å². The fraction of sp³-hybridized carbons (Fsp3) is 0.0909. The van der Waals surface area contributed by atoms with Gasteiger partial charge in [0.25, 0.3) is 5.91 Å². The van der Waals surface area contributed by atoms with Crippen LogP contribution >= 0.6 is 0 Å². The molecule has 0 heterocycles. The molecule has 0 bridgehead atoms. The Morgan fingerprint density at radius 1 is 0.929 bits per heavy atom. The van der Waals surface area contributed by atoms with E-state index >= 15 is 0 Å². The molecule has 0 radical (unpaired) electrons. The molecule has 142 valence electrons. The molecule has 1 N–H and O–H groups in total. The van der Waals surface area contributed by atoms with E-state index in [1.165, 1.54) is 19.2 Å². The molecule has 0 saturated heterocycles. The summed E-state index contributed by atoms with van der Waals surface area (Å²) in [6.07, 6.45) is 0. The SMILES string of the molecule is COc1ccc(C(=O)OCC(=O)Nc2ccc(-c3ccccc3)cc2)c(F)c1. The van der Waals surface area contributed by atoms with Crippen molar-refractivity contribution in [1.29, 1.82) is 0 Å². The highest BCUT2D eigenvalue weighted by atomic mass is 19.1. The van der Waals surface area contributed by atoms with Gasteiger partial charge in [0.1, 0.15) is 11.6 Å². The zero-order valence-electron chi connectivity index (χ0n) is 15.1. The highest BCUT2D eigenvalue weighted by Crippen LogP contribution is 2.21. The molecular weight excluding hydrogens is 361 g/mol. The van der Waals surface area contributed by atoms with Gasteiger partial charge >= 0.3 is 5.97 Å². The lowest BCUT2D eigenvalue weighted by Crippen LogP contribution is -2.21. The minimum atomic E-state index is -0.922. The molecular formula is C22H18FNO4. The van der Waals surface area contributed by atoms with Crippen LogP contribution in [0, 0.1) is 5.82 Å². The van der Waals surface area contributed by atoms with Crippen molar-refractivity contribution in [3.8, 4) is 16.9 Å². The van der Waals surface area contributed by atoms with Crippen LogP contribution in [-0.2, 0) is 9.53 Å². The van der Waals surface area contributed by atoms with Crippen molar-refractivity contribution in [2.45, 2.75) is 0 Å². The Morgan fingerprint density at radius 2 is 1.61 bits per heavy atom. The lowest BCUT2D eigenvalue weighted by atomic mass is 10.1. The molecule has 6 heteroatoms. The number of hydrogen-bond acceptors (Lipinski definition) is 4. The number of halogens is 1. The minimum Gasteiger partial charge on any atom is -0.497 e. The van der Waals surface area contributed by atoms with Gasteiger partial charge < -0.3 is 14.8 Å². The Hall–Kier alpha value is -3.67. The van der Waals surface area contributed by atoms with Crippen molar-refractivity contribution < 1.29 is 23.5 Å². The van der Waals surface area contributed by atoms with Gasteiger partial charge in [-0.3, -0.25) is 4.79 Å². The maximum absolute atomic E-state index is 13.9. The molecule has 1 amide bonds. The molecule has 5 nitrogen and oxygen atoms in total. The van der Waals surface area contributed by atoms with E-state index in [1.54, 1.807) is 12.1 Å². The van der Waals surface area contributed by atoms with E-state index in [0.29, 0.717) is 5.69 Å². The molecule has 0 atom stereocenters. The van der Waals surface area contributed by atoms with Gasteiger partial charge in [0.15, 0.2) is 6.61 Å². The first kappa shape index (κ1) is 19.1. The Labute approximate surface area is 161 Å². The summed E-state index contributed by atoms with van der Waals surface area (Å²) in [6.45, 7) is -0.523. The maximum atomic E-state index is 13.9. The van der Waals surface area contributed by atoms with Crippen LogP contribution < -0.4 is 10.1 Å². The molecule has 0 aliphatic rings. The summed E-state index contributed by atoms with van der Waals surface area (Å²) in [6, 6.07) is 20.9. The van der Waals surface area contributed by atoms with Gasteiger partial charge in [-0.05, 0) is 35.4 Å². The highest BCUT2D eigenvalue weighted by molar-refractivity contribution is 5.95. The van der Waals surface area contributed by atoms with E-state index in [0.717, 1.165) is 17.2 Å². The Morgan fingerprint density at radius 3 is 2.25 bits per heavy atom. The molecule has 3 aromatic carbocycles. The third-order valence-corrected chi connectivity index (χ3v) is 4.01. The third kappa shape index (κ3) is 4.73. The van der Waals surface area contributed by atoms with E-state index < -0.39 is 24.3 Å². The van der Waals surface area contributed by atoms with Gasteiger partial charge in [-0.15, -0.1) is 0 Å². The molecule has 0 aliphatic carbocycles. The van der Waals surface area contributed by atoms with Crippen LogP contribution in [0.4, 0.5) is 10.1 Å². The predicted octanol–water partition coefficient (Wildman–Crippen LogP) is 4.30. The van der Waals surface area contributed by atoms with Gasteiger partial charge in [0.2, 0.25) is 0 Å². The van der Waals surface area contributed by atoms with Crippen LogP contribution in [0.3, 0.4) is 0 Å². The third-order valence-electron chi connectivity index (χ3n) is 4.01. The Kier molecular flexibility index (Phi) is 6.01. The second-order valence-electron chi connectivity index (χ2n) is 5.91. The number of rotatable bonds is 6. The zero-order chi connectivity index (χ0) is 19.9. The first-order valence-electron chi connectivity index (χ1n) is 8.53. The summed E-state index contributed by atoms with van der Waals surface area (Å²) in [5.74, 6) is -1.93. The zero-order valence-corrected chi connectivity index (χ0v) is 15.1. The summed E-state index contributed by atoms with van der Waals surface area (Å²) < 4.78 is 23.6. The van der Waals surface area contributed by atoms with Gasteiger partial charge in [-0.1, -0.05) is 42.5 Å². The Balaban J connectivity index is 1.55. The standard InChI is InChI=1S/C22H18FNO4/c1-27-18-11-12-19(20(23)13-18)22(26)28-14-21(25)24-17-9-7-16(8-10-17)15-5-3-2-4-6-15/h2-13H,14H2,1H3,(H,24,25). The van der Waals surface area contributed by atoms with E-state index in [1.807, 2.05) is 42.5 Å². The van der Waals surface area contributed by atoms with Crippen molar-refractivity contribution in [3.05, 3.63) is 84.2 Å². The number of esters is 1. The van der Waals surface area contributed by atoms with Crippen molar-refractivity contribution in [2.24, 2.45) is 0 Å². The fourth-order valence-electron chi connectivity index (χ4n) is 2.57. The van der Waals surface area contributed by atoms with E-state index in [2.05, 4.69) is 5.32 Å². The molecule has 28 heavy (non-hydrogen) atoms. The van der Waals surface area contributed by atoms with Gasteiger partial charge in [-0.25, -0.2) is 9.18 Å². The summed E-state index contributed by atoms with van der Waals surface area (Å²) in [4.78, 5) is 23.9. The minimum absolute atomic E-state index is 0.263. The van der Waals surface area contributed by atoms with Crippen LogP contribution in [0.2, 0.25) is 0 Å². The molecule has 0 saturated carbocycles. The van der Waals surface area contributed by atoms with Crippen molar-refractivity contribution in [1.82, 2.24) is 0 Å². The quantitative estimate of drug-likeness (QED) is 0.649. The average Bonchev–Trinajstić information content (AvgIpc) is 2.73. The van der Waals surface area contributed by atoms with E-state index in [9.17, 15) is 14.0 Å². The van der Waals surface area contributed by atoms with Crippen LogP contribution in [0.1, 0.15) is 10.4 Å². The summed E-state index contributed by atoms with van der Waals surface area (Å²) in [7, 11) is 1.39. The highest BCUT2D eigenvalue weighted by Gasteiger charge is 2.15. The van der Waals surface area contributed by atoms with Crippen LogP contribution in [0.25, 0.3) is 11.1 Å². The predicted molar refractivity (Wildman–Crippen MR) is 104 cm³/mol. The van der Waals surface area contributed by atoms with Crippen LogP contribution in [0.5, 0.6) is 5.75 Å². The number of nitrogens with one attached hydrogen (secondary N) is 1. The van der Waals surface area contributed by atoms with Crippen LogP contribution in [-0.4, -0.2) is 25.6 Å². The lowest BCUT2D eigenvalue weighted by Gasteiger charge is -2.09. The maximum Gasteiger partial charge on any atom is 0.341 e. The first-order chi connectivity index (χ1) is 13.6. The second-order valence-corrected chi connectivity index (χ2v) is 5.91. The molecule has 0 aliphatic heterocycles. The molecule has 0 aromatic heterocycles. The fourth-order valence-corrected chi connectivity index (χ4v) is 2.57. The number of methoxy groups -OCH3 is 1. The largest absolute Gasteiger partial charge is 0.497 e. The van der Waals surface area contributed by atoms with Gasteiger partial charge in [-0.2, -0.15) is 0 Å². The number of benzene rings is 3. The molecule has 3 rings (SSSR count). The molecule has 3 aromatic rings. The van der Waals surface area contributed by atoms with E-state index in [4.69, 9.17) is 9.47 Å². The summed E-state index contributed by atoms with van der Waals surface area (Å²) in [5, 5.41) is 2.63. The smallest absolute Gasteiger partial charge is 0.341 e. The monoisotopic (exact) mass is 379 g/mol. The normalized spacial score (nSPS) is 10.2.